The normalized spacial score (nSPS) is 12.4. The number of halogens is 3. The zero-order valence-electron chi connectivity index (χ0n) is 19.4. The van der Waals surface area contributed by atoms with Gasteiger partial charge in [0.15, 0.2) is 6.10 Å². The Bertz CT molecular complexity index is 1130. The molecule has 0 amide bonds. The molecule has 4 nitrogen and oxygen atoms in total. The molecule has 34 heavy (non-hydrogen) atoms. The second-order valence-corrected chi connectivity index (χ2v) is 9.72. The van der Waals surface area contributed by atoms with Crippen LogP contribution < -0.4 is 4.74 Å². The number of hydrogen-bond donors (Lipinski definition) is 0. The highest BCUT2D eigenvalue weighted by atomic mass is 32.2. The van der Waals surface area contributed by atoms with Crippen LogP contribution in [0.2, 0.25) is 0 Å². The fourth-order valence-electron chi connectivity index (χ4n) is 3.17. The Balaban J connectivity index is 1.66. The molecule has 3 rings (SSSR count). The van der Waals surface area contributed by atoms with E-state index in [0.29, 0.717) is 35.1 Å². The molecule has 0 saturated heterocycles. The molecule has 1 heterocycles. The third-order valence-electron chi connectivity index (χ3n) is 5.06. The van der Waals surface area contributed by atoms with E-state index in [1.54, 1.807) is 18.7 Å². The van der Waals surface area contributed by atoms with Crippen molar-refractivity contribution in [2.24, 2.45) is 0 Å². The van der Waals surface area contributed by atoms with Gasteiger partial charge in [-0.2, -0.15) is 13.2 Å². The standard InChI is InChI=1S/C25H26F3NO3S2/c1-5-20(24(30)31-6-2)32-21-12-11-19(13-15(21)3)33-14-22-16(4)29-23(34-22)17-7-9-18(10-8-17)25(26,27)28/h7-13,20H,5-6,14H2,1-4H3. The van der Waals surface area contributed by atoms with Gasteiger partial charge in [0, 0.05) is 21.1 Å². The maximum atomic E-state index is 12.8. The lowest BCUT2D eigenvalue weighted by Crippen LogP contribution is -2.28. The Morgan fingerprint density at radius 1 is 1.12 bits per heavy atom. The van der Waals surface area contributed by atoms with Gasteiger partial charge in [0.2, 0.25) is 0 Å². The average Bonchev–Trinajstić information content (AvgIpc) is 3.17. The quantitative estimate of drug-likeness (QED) is 0.221. The van der Waals surface area contributed by atoms with Crippen LogP contribution in [0.1, 0.15) is 42.0 Å². The van der Waals surface area contributed by atoms with Crippen molar-refractivity contribution in [1.82, 2.24) is 4.98 Å². The number of carbonyl (C=O) groups excluding carboxylic acids is 1. The van der Waals surface area contributed by atoms with Crippen molar-refractivity contribution in [3.8, 4) is 16.3 Å². The summed E-state index contributed by atoms with van der Waals surface area (Å²) < 4.78 is 49.4. The van der Waals surface area contributed by atoms with Gasteiger partial charge in [-0.15, -0.1) is 23.1 Å². The molecule has 0 saturated carbocycles. The Morgan fingerprint density at radius 3 is 2.41 bits per heavy atom. The minimum absolute atomic E-state index is 0.310. The summed E-state index contributed by atoms with van der Waals surface area (Å²) in [7, 11) is 0. The van der Waals surface area contributed by atoms with E-state index in [0.717, 1.165) is 33.2 Å². The van der Waals surface area contributed by atoms with Crippen LogP contribution in [0, 0.1) is 13.8 Å². The lowest BCUT2D eigenvalue weighted by Gasteiger charge is -2.18. The zero-order chi connectivity index (χ0) is 24.9. The van der Waals surface area contributed by atoms with Crippen molar-refractivity contribution in [1.29, 1.82) is 0 Å². The summed E-state index contributed by atoms with van der Waals surface area (Å²) in [5, 5.41) is 0.700. The predicted octanol–water partition coefficient (Wildman–Crippen LogP) is 7.46. The molecular formula is C25H26F3NO3S2. The summed E-state index contributed by atoms with van der Waals surface area (Å²) in [5.41, 5.74) is 1.78. The number of aromatic nitrogens is 1. The van der Waals surface area contributed by atoms with Crippen molar-refractivity contribution < 1.29 is 27.4 Å². The van der Waals surface area contributed by atoms with Gasteiger partial charge in [-0.25, -0.2) is 9.78 Å². The summed E-state index contributed by atoms with van der Waals surface area (Å²) in [5.74, 6) is 0.958. The number of thiazole rings is 1. The fourth-order valence-corrected chi connectivity index (χ4v) is 5.37. The van der Waals surface area contributed by atoms with Gasteiger partial charge in [0.25, 0.3) is 0 Å². The van der Waals surface area contributed by atoms with Crippen LogP contribution in [0.15, 0.2) is 47.4 Å². The van der Waals surface area contributed by atoms with E-state index in [2.05, 4.69) is 4.98 Å². The van der Waals surface area contributed by atoms with Crippen molar-refractivity contribution in [2.45, 2.75) is 57.0 Å². The van der Waals surface area contributed by atoms with Gasteiger partial charge in [-0.1, -0.05) is 19.1 Å². The van der Waals surface area contributed by atoms with Crippen LogP contribution in [-0.2, 0) is 21.5 Å². The molecule has 0 bridgehead atoms. The third-order valence-corrected chi connectivity index (χ3v) is 7.47. The number of carbonyl (C=O) groups is 1. The Morgan fingerprint density at radius 2 is 1.82 bits per heavy atom. The first-order valence-electron chi connectivity index (χ1n) is 10.8. The average molecular weight is 510 g/mol. The Labute approximate surface area is 205 Å². The Hall–Kier alpha value is -2.52. The second kappa shape index (κ2) is 11.3. The van der Waals surface area contributed by atoms with Crippen molar-refractivity contribution in [3.63, 3.8) is 0 Å². The van der Waals surface area contributed by atoms with Crippen molar-refractivity contribution in [3.05, 3.63) is 64.2 Å². The molecule has 9 heteroatoms. The van der Waals surface area contributed by atoms with Gasteiger partial charge in [-0.05, 0) is 63.1 Å². The topological polar surface area (TPSA) is 48.4 Å². The van der Waals surface area contributed by atoms with Crippen molar-refractivity contribution >= 4 is 29.1 Å². The van der Waals surface area contributed by atoms with E-state index in [9.17, 15) is 18.0 Å². The first kappa shape index (κ1) is 26.1. The summed E-state index contributed by atoms with van der Waals surface area (Å²) >= 11 is 3.12. The number of esters is 1. The molecule has 0 spiro atoms. The number of nitrogens with zero attached hydrogens (tertiary/aromatic N) is 1. The highest BCUT2D eigenvalue weighted by molar-refractivity contribution is 7.98. The highest BCUT2D eigenvalue weighted by Crippen LogP contribution is 2.36. The molecule has 0 aliphatic carbocycles. The van der Waals surface area contributed by atoms with E-state index in [-0.39, 0.29) is 5.97 Å². The largest absolute Gasteiger partial charge is 0.478 e. The summed E-state index contributed by atoms with van der Waals surface area (Å²) in [6.07, 6.45) is -4.48. The van der Waals surface area contributed by atoms with E-state index in [1.807, 2.05) is 39.0 Å². The van der Waals surface area contributed by atoms with Crippen LogP contribution in [0.4, 0.5) is 13.2 Å². The first-order valence-corrected chi connectivity index (χ1v) is 12.6. The number of hydrogen-bond acceptors (Lipinski definition) is 6. The van der Waals surface area contributed by atoms with Crippen LogP contribution in [-0.4, -0.2) is 23.7 Å². The minimum Gasteiger partial charge on any atom is -0.478 e. The molecule has 1 unspecified atom stereocenters. The molecule has 3 aromatic rings. The third kappa shape index (κ3) is 6.54. The number of thioether (sulfide) groups is 1. The van der Waals surface area contributed by atoms with E-state index >= 15 is 0 Å². The number of benzene rings is 2. The summed E-state index contributed by atoms with van der Waals surface area (Å²) in [6, 6.07) is 10.9. The van der Waals surface area contributed by atoms with Gasteiger partial charge < -0.3 is 9.47 Å². The van der Waals surface area contributed by atoms with E-state index in [4.69, 9.17) is 9.47 Å². The van der Waals surface area contributed by atoms with Gasteiger partial charge in [-0.3, -0.25) is 0 Å². The van der Waals surface area contributed by atoms with Crippen molar-refractivity contribution in [2.75, 3.05) is 6.61 Å². The number of aryl methyl sites for hydroxylation is 2. The Kier molecular flexibility index (Phi) is 8.65. The number of alkyl halides is 3. The molecule has 2 aromatic carbocycles. The van der Waals surface area contributed by atoms with Crippen LogP contribution in [0.3, 0.4) is 0 Å². The fraction of sp³-hybridized carbons (Fsp3) is 0.360. The molecule has 182 valence electrons. The molecule has 1 atom stereocenters. The SMILES string of the molecule is CCOC(=O)C(CC)Oc1ccc(SCc2sc(-c3ccc(C(F)(F)F)cc3)nc2C)cc1C. The van der Waals surface area contributed by atoms with E-state index < -0.39 is 17.8 Å². The van der Waals surface area contributed by atoms with E-state index in [1.165, 1.54) is 23.5 Å². The molecule has 0 fully saturated rings. The number of rotatable bonds is 9. The molecule has 0 radical (unpaired) electrons. The molecule has 0 N–H and O–H groups in total. The van der Waals surface area contributed by atoms with Crippen LogP contribution in [0.25, 0.3) is 10.6 Å². The van der Waals surface area contributed by atoms with Crippen LogP contribution in [0.5, 0.6) is 5.75 Å². The lowest BCUT2D eigenvalue weighted by atomic mass is 10.1. The summed E-state index contributed by atoms with van der Waals surface area (Å²) in [4.78, 5) is 18.7. The van der Waals surface area contributed by atoms with Gasteiger partial charge >= 0.3 is 12.1 Å². The minimum atomic E-state index is -4.35. The monoisotopic (exact) mass is 509 g/mol. The molecular weight excluding hydrogens is 483 g/mol. The smallest absolute Gasteiger partial charge is 0.416 e. The van der Waals surface area contributed by atoms with Crippen LogP contribution >= 0.6 is 23.1 Å². The molecule has 0 aliphatic heterocycles. The first-order chi connectivity index (χ1) is 16.1. The van der Waals surface area contributed by atoms with Gasteiger partial charge in [0.05, 0.1) is 17.9 Å². The maximum absolute atomic E-state index is 12.8. The maximum Gasteiger partial charge on any atom is 0.416 e. The summed E-state index contributed by atoms with van der Waals surface area (Å²) in [6.45, 7) is 7.78. The second-order valence-electron chi connectivity index (χ2n) is 7.59. The zero-order valence-corrected chi connectivity index (χ0v) is 21.0. The molecule has 1 aromatic heterocycles. The molecule has 0 aliphatic rings. The lowest BCUT2D eigenvalue weighted by molar-refractivity contribution is -0.151. The number of ether oxygens (including phenoxy) is 2. The highest BCUT2D eigenvalue weighted by Gasteiger charge is 2.30. The predicted molar refractivity (Wildman–Crippen MR) is 129 cm³/mol. The van der Waals surface area contributed by atoms with Gasteiger partial charge in [0.1, 0.15) is 10.8 Å².